The van der Waals surface area contributed by atoms with Crippen molar-refractivity contribution in [1.29, 1.82) is 0 Å². The predicted octanol–water partition coefficient (Wildman–Crippen LogP) is 0.643. The summed E-state index contributed by atoms with van der Waals surface area (Å²) in [6.07, 6.45) is 4.30. The number of rotatable bonds is 6. The van der Waals surface area contributed by atoms with Gasteiger partial charge in [0.15, 0.2) is 0 Å². The van der Waals surface area contributed by atoms with E-state index < -0.39 is 11.5 Å². The van der Waals surface area contributed by atoms with Crippen LogP contribution in [-0.2, 0) is 16.1 Å². The molecule has 0 fully saturated rings. The second-order valence-electron chi connectivity index (χ2n) is 4.14. The lowest BCUT2D eigenvalue weighted by molar-refractivity contribution is -0.147. The molecule has 6 nitrogen and oxygen atoms in total. The Morgan fingerprint density at radius 1 is 1.53 bits per heavy atom. The molecule has 0 radical (unpaired) electrons. The first-order chi connectivity index (χ1) is 7.98. The lowest BCUT2D eigenvalue weighted by Gasteiger charge is -2.25. The van der Waals surface area contributed by atoms with Gasteiger partial charge in [-0.05, 0) is 19.4 Å². The van der Waals surface area contributed by atoms with Crippen LogP contribution in [0, 0.1) is 0 Å². The van der Waals surface area contributed by atoms with Gasteiger partial charge in [0.25, 0.3) is 0 Å². The van der Waals surface area contributed by atoms with Crippen molar-refractivity contribution >= 4 is 11.9 Å². The summed E-state index contributed by atoms with van der Waals surface area (Å²) in [5, 5.41) is 15.5. The van der Waals surface area contributed by atoms with Crippen LogP contribution in [0.5, 0.6) is 0 Å². The zero-order chi connectivity index (χ0) is 12.9. The van der Waals surface area contributed by atoms with Gasteiger partial charge in [-0.3, -0.25) is 9.48 Å². The van der Waals surface area contributed by atoms with Gasteiger partial charge in [-0.1, -0.05) is 13.3 Å². The number of amides is 1. The molecule has 0 unspecified atom stereocenters. The number of aromatic nitrogens is 2. The normalized spacial score (nSPS) is 14.0. The third kappa shape index (κ3) is 3.58. The van der Waals surface area contributed by atoms with Crippen LogP contribution in [0.2, 0.25) is 0 Å². The van der Waals surface area contributed by atoms with Crippen LogP contribution in [0.25, 0.3) is 0 Å². The Labute approximate surface area is 99.6 Å². The van der Waals surface area contributed by atoms with E-state index in [2.05, 4.69) is 10.4 Å². The number of nitrogens with zero attached hydrogens (tertiary/aromatic N) is 2. The standard InChI is InChI=1S/C11H17N3O3/c1-3-5-11(2,10(16)17)13-9(15)8-14-7-4-6-12-14/h4,6-7H,3,5,8H2,1-2H3,(H,13,15)(H,16,17)/t11-/m0/s1. The summed E-state index contributed by atoms with van der Waals surface area (Å²) in [6.45, 7) is 3.42. The van der Waals surface area contributed by atoms with Crippen molar-refractivity contribution in [3.8, 4) is 0 Å². The molecular weight excluding hydrogens is 222 g/mol. The fourth-order valence-corrected chi connectivity index (χ4v) is 1.61. The molecule has 0 aliphatic heterocycles. The number of carbonyl (C=O) groups is 2. The van der Waals surface area contributed by atoms with Crippen molar-refractivity contribution in [3.05, 3.63) is 18.5 Å². The molecule has 0 aliphatic rings. The number of aliphatic carboxylic acids is 1. The maximum absolute atomic E-state index is 11.7. The Hall–Kier alpha value is -1.85. The van der Waals surface area contributed by atoms with E-state index in [-0.39, 0.29) is 12.5 Å². The smallest absolute Gasteiger partial charge is 0.329 e. The lowest BCUT2D eigenvalue weighted by atomic mass is 9.96. The Morgan fingerprint density at radius 2 is 2.24 bits per heavy atom. The largest absolute Gasteiger partial charge is 0.480 e. The number of carbonyl (C=O) groups excluding carboxylic acids is 1. The first kappa shape index (κ1) is 13.2. The molecule has 0 aromatic carbocycles. The Bertz CT molecular complexity index is 389. The van der Waals surface area contributed by atoms with Crippen molar-refractivity contribution in [1.82, 2.24) is 15.1 Å². The van der Waals surface area contributed by atoms with Gasteiger partial charge >= 0.3 is 5.97 Å². The van der Waals surface area contributed by atoms with E-state index in [1.165, 1.54) is 11.6 Å². The maximum atomic E-state index is 11.7. The van der Waals surface area contributed by atoms with Gasteiger partial charge in [0, 0.05) is 12.4 Å². The van der Waals surface area contributed by atoms with Crippen LogP contribution < -0.4 is 5.32 Å². The summed E-state index contributed by atoms with van der Waals surface area (Å²) in [5.41, 5.74) is -1.21. The van der Waals surface area contributed by atoms with Crippen LogP contribution >= 0.6 is 0 Å². The summed E-state index contributed by atoms with van der Waals surface area (Å²) in [6, 6.07) is 1.70. The first-order valence-electron chi connectivity index (χ1n) is 5.50. The Kier molecular flexibility index (Phi) is 4.25. The highest BCUT2D eigenvalue weighted by Crippen LogP contribution is 2.12. The van der Waals surface area contributed by atoms with Gasteiger partial charge in [0.1, 0.15) is 12.1 Å². The number of carboxylic acid groups (broad SMARTS) is 1. The Morgan fingerprint density at radius 3 is 2.71 bits per heavy atom. The van der Waals surface area contributed by atoms with Gasteiger partial charge in [-0.25, -0.2) is 4.79 Å². The van der Waals surface area contributed by atoms with Crippen molar-refractivity contribution in [3.63, 3.8) is 0 Å². The number of carboxylic acids is 1. The lowest BCUT2D eigenvalue weighted by Crippen LogP contribution is -2.52. The molecule has 2 N–H and O–H groups in total. The predicted molar refractivity (Wildman–Crippen MR) is 61.3 cm³/mol. The molecule has 1 heterocycles. The molecule has 0 spiro atoms. The van der Waals surface area contributed by atoms with E-state index in [9.17, 15) is 9.59 Å². The molecule has 94 valence electrons. The number of hydrogen-bond acceptors (Lipinski definition) is 3. The minimum Gasteiger partial charge on any atom is -0.480 e. The summed E-state index contributed by atoms with van der Waals surface area (Å²) in [7, 11) is 0. The molecule has 0 saturated carbocycles. The van der Waals surface area contributed by atoms with Gasteiger partial charge in [-0.2, -0.15) is 5.10 Å². The zero-order valence-electron chi connectivity index (χ0n) is 10.0. The summed E-state index contributed by atoms with van der Waals surface area (Å²) in [5.74, 6) is -1.37. The van der Waals surface area contributed by atoms with E-state index in [4.69, 9.17) is 5.11 Å². The van der Waals surface area contributed by atoms with Gasteiger partial charge < -0.3 is 10.4 Å². The van der Waals surface area contributed by atoms with E-state index in [0.29, 0.717) is 12.8 Å². The molecule has 1 amide bonds. The van der Waals surface area contributed by atoms with Crippen LogP contribution in [0.15, 0.2) is 18.5 Å². The molecule has 6 heteroatoms. The van der Waals surface area contributed by atoms with Crippen molar-refractivity contribution in [2.75, 3.05) is 0 Å². The van der Waals surface area contributed by atoms with Gasteiger partial charge in [0.2, 0.25) is 5.91 Å². The Balaban J connectivity index is 2.61. The molecule has 0 aliphatic carbocycles. The topological polar surface area (TPSA) is 84.2 Å². The van der Waals surface area contributed by atoms with E-state index in [1.807, 2.05) is 6.92 Å². The molecule has 1 atom stereocenters. The van der Waals surface area contributed by atoms with E-state index >= 15 is 0 Å². The highest BCUT2D eigenvalue weighted by atomic mass is 16.4. The molecule has 0 saturated heterocycles. The molecular formula is C11H17N3O3. The average molecular weight is 239 g/mol. The average Bonchev–Trinajstić information content (AvgIpc) is 2.70. The number of nitrogens with one attached hydrogen (secondary N) is 1. The third-order valence-corrected chi connectivity index (χ3v) is 2.50. The highest BCUT2D eigenvalue weighted by Gasteiger charge is 2.33. The van der Waals surface area contributed by atoms with Gasteiger partial charge in [0.05, 0.1) is 0 Å². The summed E-state index contributed by atoms with van der Waals surface area (Å²) < 4.78 is 1.45. The second kappa shape index (κ2) is 5.47. The van der Waals surface area contributed by atoms with Crippen LogP contribution in [0.4, 0.5) is 0 Å². The molecule has 0 bridgehead atoms. The zero-order valence-corrected chi connectivity index (χ0v) is 10.0. The van der Waals surface area contributed by atoms with Crippen molar-refractivity contribution in [2.45, 2.75) is 38.8 Å². The minimum atomic E-state index is -1.21. The third-order valence-electron chi connectivity index (χ3n) is 2.50. The highest BCUT2D eigenvalue weighted by molar-refractivity contribution is 5.86. The molecule has 1 aromatic heterocycles. The molecule has 17 heavy (non-hydrogen) atoms. The van der Waals surface area contributed by atoms with Crippen LogP contribution in [0.3, 0.4) is 0 Å². The maximum Gasteiger partial charge on any atom is 0.329 e. The van der Waals surface area contributed by atoms with Crippen LogP contribution in [-0.4, -0.2) is 32.3 Å². The first-order valence-corrected chi connectivity index (χ1v) is 5.50. The molecule has 1 aromatic rings. The monoisotopic (exact) mass is 239 g/mol. The van der Waals surface area contributed by atoms with Crippen molar-refractivity contribution < 1.29 is 14.7 Å². The van der Waals surface area contributed by atoms with E-state index in [0.717, 1.165) is 0 Å². The van der Waals surface area contributed by atoms with E-state index in [1.54, 1.807) is 18.5 Å². The second-order valence-corrected chi connectivity index (χ2v) is 4.14. The van der Waals surface area contributed by atoms with Gasteiger partial charge in [-0.15, -0.1) is 0 Å². The quantitative estimate of drug-likeness (QED) is 0.763. The van der Waals surface area contributed by atoms with Crippen molar-refractivity contribution in [2.24, 2.45) is 0 Å². The summed E-state index contributed by atoms with van der Waals surface area (Å²) in [4.78, 5) is 22.8. The van der Waals surface area contributed by atoms with Crippen LogP contribution in [0.1, 0.15) is 26.7 Å². The number of hydrogen-bond donors (Lipinski definition) is 2. The minimum absolute atomic E-state index is 0.0274. The molecule has 1 rings (SSSR count). The fraction of sp³-hybridized carbons (Fsp3) is 0.545. The summed E-state index contributed by atoms with van der Waals surface area (Å²) >= 11 is 0. The SMILES string of the molecule is CCC[C@](C)(NC(=O)Cn1cccn1)C(=O)O. The fourth-order valence-electron chi connectivity index (χ4n) is 1.61.